The maximum Gasteiger partial charge on any atom is 0.408 e. The lowest BCUT2D eigenvalue weighted by molar-refractivity contribution is -0.138. The number of benzene rings is 2. The van der Waals surface area contributed by atoms with E-state index >= 15 is 0 Å². The minimum Gasteiger partial charge on any atom is -0.497 e. The second-order valence-electron chi connectivity index (χ2n) is 9.63. The van der Waals surface area contributed by atoms with Gasteiger partial charge in [-0.15, -0.1) is 0 Å². The molecule has 3 amide bonds. The Kier molecular flexibility index (Phi) is 10.8. The predicted octanol–water partition coefficient (Wildman–Crippen LogP) is 5.23. The molecule has 2 aromatic rings. The molecular weight excluding hydrogens is 458 g/mol. The van der Waals surface area contributed by atoms with Gasteiger partial charge in [-0.05, 0) is 69.5 Å². The van der Waals surface area contributed by atoms with Gasteiger partial charge in [-0.3, -0.25) is 9.59 Å². The summed E-state index contributed by atoms with van der Waals surface area (Å²) in [5.41, 5.74) is 1.52. The first kappa shape index (κ1) is 28.7. The van der Waals surface area contributed by atoms with Gasteiger partial charge >= 0.3 is 6.09 Å². The fourth-order valence-electron chi connectivity index (χ4n) is 3.72. The average molecular weight is 498 g/mol. The first-order chi connectivity index (χ1) is 17.1. The molecule has 0 aliphatic heterocycles. The third-order valence-corrected chi connectivity index (χ3v) is 5.51. The van der Waals surface area contributed by atoms with Crippen LogP contribution in [0, 0.1) is 6.92 Å². The van der Waals surface area contributed by atoms with E-state index in [4.69, 9.17) is 9.47 Å². The third kappa shape index (κ3) is 8.91. The van der Waals surface area contributed by atoms with Crippen molar-refractivity contribution in [3.05, 3.63) is 59.7 Å². The van der Waals surface area contributed by atoms with Crippen LogP contribution < -0.4 is 15.4 Å². The molecule has 0 spiro atoms. The maximum absolute atomic E-state index is 13.7. The Morgan fingerprint density at radius 2 is 1.67 bits per heavy atom. The van der Waals surface area contributed by atoms with Crippen molar-refractivity contribution in [2.75, 3.05) is 25.5 Å². The number of methoxy groups -OCH3 is 1. The Labute approximate surface area is 214 Å². The summed E-state index contributed by atoms with van der Waals surface area (Å²) in [5, 5.41) is 5.47. The van der Waals surface area contributed by atoms with Crippen molar-refractivity contribution in [3.8, 4) is 5.75 Å². The highest BCUT2D eigenvalue weighted by atomic mass is 16.6. The highest BCUT2D eigenvalue weighted by Gasteiger charge is 2.32. The standard InChI is InChI=1S/C28H39N3O5/c1-7-8-11-18-31(24(32)19-29-27(34)36-28(3,4)5)25(23-13-10-9-12-20(23)2)26(33)30-21-14-16-22(35-6)17-15-21/h9-10,12-17,25H,7-8,11,18-19H2,1-6H3,(H,29,34)(H,30,33). The molecule has 8 nitrogen and oxygen atoms in total. The second-order valence-corrected chi connectivity index (χ2v) is 9.63. The number of amides is 3. The average Bonchev–Trinajstić information content (AvgIpc) is 2.82. The molecule has 2 aromatic carbocycles. The second kappa shape index (κ2) is 13.5. The summed E-state index contributed by atoms with van der Waals surface area (Å²) >= 11 is 0. The van der Waals surface area contributed by atoms with E-state index < -0.39 is 17.7 Å². The van der Waals surface area contributed by atoms with E-state index in [1.165, 1.54) is 0 Å². The molecule has 1 unspecified atom stereocenters. The van der Waals surface area contributed by atoms with Gasteiger partial charge in [0.05, 0.1) is 7.11 Å². The molecule has 1 atom stereocenters. The smallest absolute Gasteiger partial charge is 0.408 e. The van der Waals surface area contributed by atoms with Gasteiger partial charge in [0.2, 0.25) is 5.91 Å². The monoisotopic (exact) mass is 497 g/mol. The Bertz CT molecular complexity index is 1010. The van der Waals surface area contributed by atoms with Gasteiger partial charge in [0.1, 0.15) is 23.9 Å². The molecular formula is C28H39N3O5. The molecule has 0 aliphatic carbocycles. The van der Waals surface area contributed by atoms with Crippen molar-refractivity contribution in [1.29, 1.82) is 0 Å². The first-order valence-electron chi connectivity index (χ1n) is 12.3. The number of nitrogens with zero attached hydrogens (tertiary/aromatic N) is 1. The van der Waals surface area contributed by atoms with Crippen molar-refractivity contribution in [2.45, 2.75) is 65.5 Å². The molecule has 0 radical (unpaired) electrons. The summed E-state index contributed by atoms with van der Waals surface area (Å²) in [7, 11) is 1.58. The van der Waals surface area contributed by atoms with E-state index in [0.29, 0.717) is 18.0 Å². The van der Waals surface area contributed by atoms with Crippen molar-refractivity contribution in [2.24, 2.45) is 0 Å². The fourth-order valence-corrected chi connectivity index (χ4v) is 3.72. The molecule has 0 aromatic heterocycles. The number of aryl methyl sites for hydroxylation is 1. The van der Waals surface area contributed by atoms with Crippen LogP contribution in [0.2, 0.25) is 0 Å². The van der Waals surface area contributed by atoms with Gasteiger partial charge < -0.3 is 25.0 Å². The van der Waals surface area contributed by atoms with Crippen LogP contribution in [-0.4, -0.2) is 48.6 Å². The van der Waals surface area contributed by atoms with E-state index in [1.54, 1.807) is 57.0 Å². The summed E-state index contributed by atoms with van der Waals surface area (Å²) in [6.07, 6.45) is 1.92. The lowest BCUT2D eigenvalue weighted by Crippen LogP contribution is -2.47. The zero-order valence-electron chi connectivity index (χ0n) is 22.2. The van der Waals surface area contributed by atoms with E-state index in [0.717, 1.165) is 30.4 Å². The Morgan fingerprint density at radius 1 is 1.00 bits per heavy atom. The van der Waals surface area contributed by atoms with Crippen LogP contribution in [0.4, 0.5) is 10.5 Å². The zero-order valence-corrected chi connectivity index (χ0v) is 22.2. The quantitative estimate of drug-likeness (QED) is 0.415. The molecule has 0 saturated heterocycles. The van der Waals surface area contributed by atoms with Gasteiger partial charge in [0.15, 0.2) is 0 Å². The van der Waals surface area contributed by atoms with Crippen LogP contribution in [0.25, 0.3) is 0 Å². The highest BCUT2D eigenvalue weighted by Crippen LogP contribution is 2.27. The van der Waals surface area contributed by atoms with E-state index in [9.17, 15) is 14.4 Å². The van der Waals surface area contributed by atoms with Crippen molar-refractivity contribution in [1.82, 2.24) is 10.2 Å². The number of ether oxygens (including phenoxy) is 2. The molecule has 0 bridgehead atoms. The molecule has 196 valence electrons. The third-order valence-electron chi connectivity index (χ3n) is 5.51. The summed E-state index contributed by atoms with van der Waals surface area (Å²) in [4.78, 5) is 40.8. The summed E-state index contributed by atoms with van der Waals surface area (Å²) in [6, 6.07) is 13.6. The molecule has 2 rings (SSSR count). The van der Waals surface area contributed by atoms with E-state index in [2.05, 4.69) is 17.6 Å². The van der Waals surface area contributed by atoms with Crippen molar-refractivity contribution >= 4 is 23.6 Å². The minimum atomic E-state index is -0.877. The van der Waals surface area contributed by atoms with Gasteiger partial charge in [-0.25, -0.2) is 4.79 Å². The summed E-state index contributed by atoms with van der Waals surface area (Å²) in [5.74, 6) is -0.0280. The number of hydrogen-bond donors (Lipinski definition) is 2. The molecule has 8 heteroatoms. The number of anilines is 1. The van der Waals surface area contributed by atoms with Crippen LogP contribution in [-0.2, 0) is 14.3 Å². The van der Waals surface area contributed by atoms with E-state index in [1.807, 2.05) is 31.2 Å². The number of unbranched alkanes of at least 4 members (excludes halogenated alkanes) is 2. The van der Waals surface area contributed by atoms with Crippen LogP contribution in [0.1, 0.15) is 64.1 Å². The number of hydrogen-bond acceptors (Lipinski definition) is 5. The maximum atomic E-state index is 13.7. The molecule has 36 heavy (non-hydrogen) atoms. The summed E-state index contributed by atoms with van der Waals surface area (Å²) in [6.45, 7) is 9.34. The van der Waals surface area contributed by atoms with Gasteiger partial charge in [-0.1, -0.05) is 44.0 Å². The number of carbonyl (C=O) groups excluding carboxylic acids is 3. The molecule has 0 saturated carbocycles. The number of nitrogens with one attached hydrogen (secondary N) is 2. The van der Waals surface area contributed by atoms with Gasteiger partial charge in [0, 0.05) is 12.2 Å². The highest BCUT2D eigenvalue weighted by molar-refractivity contribution is 5.98. The van der Waals surface area contributed by atoms with Crippen LogP contribution in [0.5, 0.6) is 5.75 Å². The van der Waals surface area contributed by atoms with Crippen LogP contribution in [0.15, 0.2) is 48.5 Å². The minimum absolute atomic E-state index is 0.279. The van der Waals surface area contributed by atoms with Crippen LogP contribution in [0.3, 0.4) is 0 Å². The lowest BCUT2D eigenvalue weighted by atomic mass is 9.98. The van der Waals surface area contributed by atoms with E-state index in [-0.39, 0.29) is 18.4 Å². The topological polar surface area (TPSA) is 97.0 Å². The number of rotatable bonds is 11. The molecule has 0 aliphatic rings. The largest absolute Gasteiger partial charge is 0.497 e. The van der Waals surface area contributed by atoms with Crippen molar-refractivity contribution in [3.63, 3.8) is 0 Å². The Balaban J connectivity index is 2.35. The fraction of sp³-hybridized carbons (Fsp3) is 0.464. The number of alkyl carbamates (subject to hydrolysis) is 1. The molecule has 0 heterocycles. The number of carbonyl (C=O) groups is 3. The predicted molar refractivity (Wildman–Crippen MR) is 141 cm³/mol. The first-order valence-corrected chi connectivity index (χ1v) is 12.3. The van der Waals surface area contributed by atoms with Gasteiger partial charge in [-0.2, -0.15) is 0 Å². The van der Waals surface area contributed by atoms with Crippen LogP contribution >= 0.6 is 0 Å². The SMILES string of the molecule is CCCCCN(C(=O)CNC(=O)OC(C)(C)C)C(C(=O)Nc1ccc(OC)cc1)c1ccccc1C. The normalized spacial score (nSPS) is 11.8. The van der Waals surface area contributed by atoms with Gasteiger partial charge in [0.25, 0.3) is 5.91 Å². The Hall–Kier alpha value is -3.55. The summed E-state index contributed by atoms with van der Waals surface area (Å²) < 4.78 is 10.5. The Morgan fingerprint density at radius 3 is 2.25 bits per heavy atom. The lowest BCUT2D eigenvalue weighted by Gasteiger charge is -2.32. The molecule has 2 N–H and O–H groups in total. The van der Waals surface area contributed by atoms with Crippen molar-refractivity contribution < 1.29 is 23.9 Å². The molecule has 0 fully saturated rings. The zero-order chi connectivity index (χ0) is 26.7.